The molecule has 2 aromatic rings. The zero-order chi connectivity index (χ0) is 16.9. The zero-order valence-electron chi connectivity index (χ0n) is 14.6. The van der Waals surface area contributed by atoms with Crippen molar-refractivity contribution in [3.8, 4) is 11.4 Å². The van der Waals surface area contributed by atoms with Crippen LogP contribution in [0.25, 0.3) is 11.4 Å². The lowest BCUT2D eigenvalue weighted by molar-refractivity contribution is -0.126. The molecular weight excluding hydrogens is 340 g/mol. The Morgan fingerprint density at radius 1 is 1.40 bits per heavy atom. The number of carbonyl (C=O) groups excluding carboxylic acids is 1. The monoisotopic (exact) mass is 364 g/mol. The Morgan fingerprint density at radius 2 is 2.16 bits per heavy atom. The number of rotatable bonds is 5. The van der Waals surface area contributed by atoms with Gasteiger partial charge in [-0.3, -0.25) is 4.79 Å². The Labute approximate surface area is 154 Å². The summed E-state index contributed by atoms with van der Waals surface area (Å²) >= 11 is 0. The molecule has 1 aliphatic rings. The molecule has 2 heterocycles. The predicted molar refractivity (Wildman–Crippen MR) is 98.6 cm³/mol. The molecule has 0 radical (unpaired) electrons. The summed E-state index contributed by atoms with van der Waals surface area (Å²) in [7, 11) is 0. The minimum absolute atomic E-state index is 0. The van der Waals surface area contributed by atoms with E-state index < -0.39 is 0 Å². The Bertz CT molecular complexity index is 677. The summed E-state index contributed by atoms with van der Waals surface area (Å²) < 4.78 is 5.35. The van der Waals surface area contributed by atoms with Gasteiger partial charge in [0, 0.05) is 24.1 Å². The highest BCUT2D eigenvalue weighted by molar-refractivity contribution is 5.85. The highest BCUT2D eigenvalue weighted by Gasteiger charge is 2.25. The van der Waals surface area contributed by atoms with Crippen LogP contribution in [0.5, 0.6) is 0 Å². The van der Waals surface area contributed by atoms with Gasteiger partial charge in [0.1, 0.15) is 0 Å². The lowest BCUT2D eigenvalue weighted by atomic mass is 9.92. The average Bonchev–Trinajstić information content (AvgIpc) is 3.10. The lowest BCUT2D eigenvalue weighted by Gasteiger charge is -2.27. The van der Waals surface area contributed by atoms with E-state index >= 15 is 0 Å². The van der Waals surface area contributed by atoms with Crippen molar-refractivity contribution in [2.45, 2.75) is 38.6 Å². The number of carbonyl (C=O) groups is 1. The van der Waals surface area contributed by atoms with E-state index in [0.29, 0.717) is 24.3 Å². The van der Waals surface area contributed by atoms with E-state index in [4.69, 9.17) is 4.52 Å². The molecule has 1 unspecified atom stereocenters. The Kier molecular flexibility index (Phi) is 6.96. The van der Waals surface area contributed by atoms with Crippen molar-refractivity contribution in [3.05, 3.63) is 36.2 Å². The zero-order valence-corrected chi connectivity index (χ0v) is 15.4. The number of nitrogens with one attached hydrogen (secondary N) is 2. The molecule has 3 rings (SSSR count). The third kappa shape index (κ3) is 5.03. The van der Waals surface area contributed by atoms with Crippen LogP contribution in [0.4, 0.5) is 0 Å². The van der Waals surface area contributed by atoms with Crippen molar-refractivity contribution in [1.82, 2.24) is 20.8 Å². The summed E-state index contributed by atoms with van der Waals surface area (Å²) in [4.78, 5) is 16.7. The maximum atomic E-state index is 12.3. The predicted octanol–water partition coefficient (Wildman–Crippen LogP) is 2.77. The van der Waals surface area contributed by atoms with Gasteiger partial charge in [0.2, 0.25) is 17.6 Å². The Balaban J connectivity index is 0.00000225. The maximum Gasteiger partial charge on any atom is 0.231 e. The average molecular weight is 365 g/mol. The summed E-state index contributed by atoms with van der Waals surface area (Å²) in [6.45, 7) is 5.51. The Morgan fingerprint density at radius 3 is 2.88 bits per heavy atom. The molecule has 0 aliphatic carbocycles. The van der Waals surface area contributed by atoms with Gasteiger partial charge in [-0.05, 0) is 26.3 Å². The van der Waals surface area contributed by atoms with Crippen molar-refractivity contribution in [3.63, 3.8) is 0 Å². The number of benzene rings is 1. The van der Waals surface area contributed by atoms with E-state index in [9.17, 15) is 4.79 Å². The molecule has 1 saturated heterocycles. The van der Waals surface area contributed by atoms with Crippen LogP contribution in [0.1, 0.15) is 38.5 Å². The van der Waals surface area contributed by atoms with Crippen LogP contribution in [0.15, 0.2) is 34.9 Å². The molecule has 7 heteroatoms. The first-order valence-electron chi connectivity index (χ1n) is 8.53. The van der Waals surface area contributed by atoms with Crippen LogP contribution in [0.3, 0.4) is 0 Å². The van der Waals surface area contributed by atoms with Gasteiger partial charge in [0.15, 0.2) is 0 Å². The van der Waals surface area contributed by atoms with Gasteiger partial charge in [0.25, 0.3) is 0 Å². The van der Waals surface area contributed by atoms with Crippen LogP contribution < -0.4 is 10.6 Å². The summed E-state index contributed by atoms with van der Waals surface area (Å²) in [6.07, 6.45) is 1.78. The third-order valence-electron chi connectivity index (χ3n) is 4.47. The van der Waals surface area contributed by atoms with Crippen LogP contribution in [-0.4, -0.2) is 35.2 Å². The van der Waals surface area contributed by atoms with Crippen LogP contribution in [-0.2, 0) is 4.79 Å². The number of aromatic nitrogens is 2. The van der Waals surface area contributed by atoms with Crippen LogP contribution in [0.2, 0.25) is 0 Å². The Hall–Kier alpha value is -1.92. The molecule has 0 spiro atoms. The molecule has 0 saturated carbocycles. The number of amides is 1. The SMILES string of the molecule is CC(CNC(=O)[C@H]1CCN[C@@H](C)C1)c1nc(-c2ccccc2)no1.Cl. The fraction of sp³-hybridized carbons (Fsp3) is 0.500. The van der Waals surface area contributed by atoms with Gasteiger partial charge in [-0.15, -0.1) is 12.4 Å². The molecule has 2 N–H and O–H groups in total. The van der Waals surface area contributed by atoms with Crippen molar-refractivity contribution in [2.75, 3.05) is 13.1 Å². The fourth-order valence-corrected chi connectivity index (χ4v) is 3.00. The molecule has 1 aliphatic heterocycles. The second kappa shape index (κ2) is 8.97. The van der Waals surface area contributed by atoms with E-state index in [1.807, 2.05) is 37.3 Å². The van der Waals surface area contributed by atoms with Crippen molar-refractivity contribution >= 4 is 18.3 Å². The van der Waals surface area contributed by atoms with Gasteiger partial charge >= 0.3 is 0 Å². The second-order valence-electron chi connectivity index (χ2n) is 6.54. The summed E-state index contributed by atoms with van der Waals surface area (Å²) in [5, 5.41) is 10.4. The van der Waals surface area contributed by atoms with Gasteiger partial charge < -0.3 is 15.2 Å². The summed E-state index contributed by atoms with van der Waals surface area (Å²) in [6, 6.07) is 10.1. The van der Waals surface area contributed by atoms with Crippen molar-refractivity contribution in [2.24, 2.45) is 5.92 Å². The van der Waals surface area contributed by atoms with Gasteiger partial charge in [-0.1, -0.05) is 42.4 Å². The van der Waals surface area contributed by atoms with E-state index in [-0.39, 0.29) is 30.2 Å². The van der Waals surface area contributed by atoms with E-state index in [1.54, 1.807) is 0 Å². The smallest absolute Gasteiger partial charge is 0.231 e. The van der Waals surface area contributed by atoms with Crippen LogP contribution in [0, 0.1) is 5.92 Å². The van der Waals surface area contributed by atoms with Crippen molar-refractivity contribution < 1.29 is 9.32 Å². The normalized spacial score (nSPS) is 21.2. The molecular formula is C18H25ClN4O2. The highest BCUT2D eigenvalue weighted by Crippen LogP contribution is 2.20. The first kappa shape index (κ1) is 19.4. The second-order valence-corrected chi connectivity index (χ2v) is 6.54. The molecule has 1 aromatic carbocycles. The van der Waals surface area contributed by atoms with Crippen molar-refractivity contribution in [1.29, 1.82) is 0 Å². The number of piperidine rings is 1. The van der Waals surface area contributed by atoms with E-state index in [0.717, 1.165) is 24.9 Å². The molecule has 1 aromatic heterocycles. The topological polar surface area (TPSA) is 80.0 Å². The molecule has 0 bridgehead atoms. The summed E-state index contributed by atoms with van der Waals surface area (Å²) in [5.41, 5.74) is 0.924. The lowest BCUT2D eigenvalue weighted by Crippen LogP contribution is -2.43. The minimum Gasteiger partial charge on any atom is -0.355 e. The van der Waals surface area contributed by atoms with Gasteiger partial charge in [-0.2, -0.15) is 4.98 Å². The van der Waals surface area contributed by atoms with Gasteiger partial charge in [-0.25, -0.2) is 0 Å². The first-order valence-corrected chi connectivity index (χ1v) is 8.53. The number of nitrogens with zero attached hydrogens (tertiary/aromatic N) is 2. The standard InChI is InChI=1S/C18H24N4O2.ClH/c1-12(11-20-17(23)15-8-9-19-13(2)10-15)18-21-16(22-24-18)14-6-4-3-5-7-14;/h3-7,12-13,15,19H,8-11H2,1-2H3,(H,20,23);1H/t12?,13-,15-;/m0./s1. The minimum atomic E-state index is -0.0157. The quantitative estimate of drug-likeness (QED) is 0.852. The number of halogens is 1. The third-order valence-corrected chi connectivity index (χ3v) is 4.47. The maximum absolute atomic E-state index is 12.3. The van der Waals surface area contributed by atoms with Gasteiger partial charge in [0.05, 0.1) is 5.92 Å². The molecule has 3 atom stereocenters. The van der Waals surface area contributed by atoms with E-state index in [1.165, 1.54) is 0 Å². The fourth-order valence-electron chi connectivity index (χ4n) is 3.00. The molecule has 6 nitrogen and oxygen atoms in total. The number of hydrogen-bond acceptors (Lipinski definition) is 5. The largest absolute Gasteiger partial charge is 0.355 e. The van der Waals surface area contributed by atoms with E-state index in [2.05, 4.69) is 27.7 Å². The van der Waals surface area contributed by atoms with Crippen LogP contribution >= 0.6 is 12.4 Å². The molecule has 1 amide bonds. The molecule has 25 heavy (non-hydrogen) atoms. The highest BCUT2D eigenvalue weighted by atomic mass is 35.5. The summed E-state index contributed by atoms with van der Waals surface area (Å²) in [5.74, 6) is 1.33. The first-order chi connectivity index (χ1) is 11.6. The molecule has 136 valence electrons. The number of hydrogen-bond donors (Lipinski definition) is 2. The molecule has 1 fully saturated rings.